The second-order valence-corrected chi connectivity index (χ2v) is 7.65. The maximum Gasteiger partial charge on any atom is 0.0991 e. The molecule has 0 radical (unpaired) electrons. The Morgan fingerprint density at radius 3 is 2.90 bits per heavy atom. The standard InChI is InChI=1S/C19H24N2/c1-13-18-10-16-6-5-15(11-20)9-17(16)19(13,2)7-8-21(18)12-14-3-4-14/h5-6,9,13-14,18H,3-4,7-8,10,12H2,1-2H3/t13-,18+,19+/m1/s1. The molecule has 1 saturated carbocycles. The highest BCUT2D eigenvalue weighted by molar-refractivity contribution is 5.45. The van der Waals surface area contributed by atoms with Gasteiger partial charge >= 0.3 is 0 Å². The molecule has 2 nitrogen and oxygen atoms in total. The Bertz CT molecular complexity index is 610. The monoisotopic (exact) mass is 280 g/mol. The van der Waals surface area contributed by atoms with E-state index in [0.29, 0.717) is 12.0 Å². The van der Waals surface area contributed by atoms with Gasteiger partial charge in [-0.2, -0.15) is 5.26 Å². The van der Waals surface area contributed by atoms with Crippen molar-refractivity contribution < 1.29 is 0 Å². The van der Waals surface area contributed by atoms with Gasteiger partial charge in [0.25, 0.3) is 0 Å². The van der Waals surface area contributed by atoms with Crippen molar-refractivity contribution in [1.82, 2.24) is 4.90 Å². The topological polar surface area (TPSA) is 27.0 Å². The average molecular weight is 280 g/mol. The van der Waals surface area contributed by atoms with Gasteiger partial charge in [-0.15, -0.1) is 0 Å². The second-order valence-electron chi connectivity index (χ2n) is 7.65. The molecule has 1 aromatic carbocycles. The molecule has 0 N–H and O–H groups in total. The fourth-order valence-corrected chi connectivity index (χ4v) is 4.64. The van der Waals surface area contributed by atoms with Gasteiger partial charge in [0.05, 0.1) is 11.6 Å². The number of nitriles is 1. The van der Waals surface area contributed by atoms with Crippen molar-refractivity contribution in [2.45, 2.75) is 51.0 Å². The van der Waals surface area contributed by atoms with Gasteiger partial charge in [-0.25, -0.2) is 0 Å². The summed E-state index contributed by atoms with van der Waals surface area (Å²) in [5, 5.41) is 9.20. The summed E-state index contributed by atoms with van der Waals surface area (Å²) < 4.78 is 0. The molecule has 3 aliphatic rings. The quantitative estimate of drug-likeness (QED) is 0.829. The van der Waals surface area contributed by atoms with E-state index in [1.165, 1.54) is 49.9 Å². The molecule has 1 saturated heterocycles. The van der Waals surface area contributed by atoms with Gasteiger partial charge < -0.3 is 0 Å². The molecule has 4 rings (SSSR count). The van der Waals surface area contributed by atoms with Crippen LogP contribution in [0, 0.1) is 23.2 Å². The van der Waals surface area contributed by atoms with Crippen molar-refractivity contribution >= 4 is 0 Å². The van der Waals surface area contributed by atoms with Crippen LogP contribution in [0.5, 0.6) is 0 Å². The number of benzene rings is 1. The molecule has 1 aliphatic heterocycles. The second kappa shape index (κ2) is 4.58. The Morgan fingerprint density at radius 1 is 1.38 bits per heavy atom. The predicted molar refractivity (Wildman–Crippen MR) is 84.1 cm³/mol. The Kier molecular flexibility index (Phi) is 2.91. The average Bonchev–Trinajstić information content (AvgIpc) is 3.30. The van der Waals surface area contributed by atoms with Crippen molar-refractivity contribution in [3.63, 3.8) is 0 Å². The van der Waals surface area contributed by atoms with E-state index in [2.05, 4.69) is 36.9 Å². The van der Waals surface area contributed by atoms with Crippen molar-refractivity contribution in [2.75, 3.05) is 13.1 Å². The van der Waals surface area contributed by atoms with Crippen LogP contribution in [0.4, 0.5) is 0 Å². The van der Waals surface area contributed by atoms with Gasteiger partial charge in [-0.3, -0.25) is 4.90 Å². The molecule has 0 spiro atoms. The third-order valence-electron chi connectivity index (χ3n) is 6.44. The Balaban J connectivity index is 1.72. The summed E-state index contributed by atoms with van der Waals surface area (Å²) in [7, 11) is 0. The fourth-order valence-electron chi connectivity index (χ4n) is 4.64. The Morgan fingerprint density at radius 2 is 2.19 bits per heavy atom. The minimum Gasteiger partial charge on any atom is -0.299 e. The van der Waals surface area contributed by atoms with E-state index in [1.54, 1.807) is 0 Å². The molecule has 2 bridgehead atoms. The lowest BCUT2D eigenvalue weighted by atomic mass is 9.59. The molecule has 2 heteroatoms. The van der Waals surface area contributed by atoms with E-state index in [-0.39, 0.29) is 5.41 Å². The minimum atomic E-state index is 0.255. The molecular weight excluding hydrogens is 256 g/mol. The van der Waals surface area contributed by atoms with Crippen LogP contribution in [0.3, 0.4) is 0 Å². The zero-order valence-corrected chi connectivity index (χ0v) is 13.1. The van der Waals surface area contributed by atoms with Crippen molar-refractivity contribution in [3.8, 4) is 6.07 Å². The van der Waals surface area contributed by atoms with E-state index >= 15 is 0 Å². The summed E-state index contributed by atoms with van der Waals surface area (Å²) in [5.41, 5.74) is 4.02. The third-order valence-corrected chi connectivity index (χ3v) is 6.44. The van der Waals surface area contributed by atoms with Crippen molar-refractivity contribution in [1.29, 1.82) is 5.26 Å². The molecule has 3 atom stereocenters. The van der Waals surface area contributed by atoms with Crippen LogP contribution in [0.25, 0.3) is 0 Å². The maximum atomic E-state index is 9.20. The van der Waals surface area contributed by atoms with Crippen molar-refractivity contribution in [2.24, 2.45) is 11.8 Å². The first-order chi connectivity index (χ1) is 10.1. The van der Waals surface area contributed by atoms with Gasteiger partial charge in [0, 0.05) is 12.6 Å². The first-order valence-electron chi connectivity index (χ1n) is 8.39. The fraction of sp³-hybridized carbons (Fsp3) is 0.632. The SMILES string of the molecule is C[C@@H]1[C@@H]2Cc3ccc(C#N)cc3[C@@]1(C)CCN2CC1CC1. The molecular formula is C19H24N2. The smallest absolute Gasteiger partial charge is 0.0991 e. The number of piperidine rings is 1. The molecule has 21 heavy (non-hydrogen) atoms. The predicted octanol–water partition coefficient (Wildman–Crippen LogP) is 3.49. The lowest BCUT2D eigenvalue weighted by Gasteiger charge is -2.54. The molecule has 110 valence electrons. The zero-order valence-electron chi connectivity index (χ0n) is 13.1. The maximum absolute atomic E-state index is 9.20. The van der Waals surface area contributed by atoms with E-state index in [0.717, 1.165) is 11.5 Å². The van der Waals surface area contributed by atoms with Crippen LogP contribution in [0.15, 0.2) is 18.2 Å². The highest BCUT2D eigenvalue weighted by Gasteiger charge is 2.48. The largest absolute Gasteiger partial charge is 0.299 e. The van der Waals surface area contributed by atoms with Gasteiger partial charge in [-0.1, -0.05) is 19.9 Å². The number of fused-ring (bicyclic) bond motifs is 4. The summed E-state index contributed by atoms with van der Waals surface area (Å²) >= 11 is 0. The number of rotatable bonds is 2. The number of hydrogen-bond acceptors (Lipinski definition) is 2. The molecule has 0 unspecified atom stereocenters. The first kappa shape index (κ1) is 13.3. The number of nitrogens with zero attached hydrogens (tertiary/aromatic N) is 2. The normalized spacial score (nSPS) is 35.1. The van der Waals surface area contributed by atoms with Crippen LogP contribution in [0.1, 0.15) is 49.8 Å². The zero-order chi connectivity index (χ0) is 14.6. The summed E-state index contributed by atoms with van der Waals surface area (Å²) in [6.45, 7) is 7.42. The Hall–Kier alpha value is -1.33. The summed E-state index contributed by atoms with van der Waals surface area (Å²) in [5.74, 6) is 1.66. The van der Waals surface area contributed by atoms with Gasteiger partial charge in [0.1, 0.15) is 0 Å². The van der Waals surface area contributed by atoms with Crippen LogP contribution < -0.4 is 0 Å². The van der Waals surface area contributed by atoms with Crippen LogP contribution >= 0.6 is 0 Å². The van der Waals surface area contributed by atoms with Gasteiger partial charge in [0.2, 0.25) is 0 Å². The first-order valence-corrected chi connectivity index (χ1v) is 8.39. The lowest BCUT2D eigenvalue weighted by molar-refractivity contribution is 0.0284. The van der Waals surface area contributed by atoms with E-state index in [1.807, 2.05) is 6.07 Å². The Labute approximate surface area is 127 Å². The van der Waals surface area contributed by atoms with E-state index < -0.39 is 0 Å². The van der Waals surface area contributed by atoms with Crippen LogP contribution in [0.2, 0.25) is 0 Å². The van der Waals surface area contributed by atoms with Gasteiger partial charge in [0.15, 0.2) is 0 Å². The summed E-state index contributed by atoms with van der Waals surface area (Å²) in [4.78, 5) is 2.77. The van der Waals surface area contributed by atoms with Crippen LogP contribution in [-0.2, 0) is 11.8 Å². The molecule has 0 amide bonds. The summed E-state index contributed by atoms with van der Waals surface area (Å²) in [6, 6.07) is 9.39. The highest BCUT2D eigenvalue weighted by atomic mass is 15.2. The van der Waals surface area contributed by atoms with Gasteiger partial charge in [-0.05, 0) is 72.7 Å². The minimum absolute atomic E-state index is 0.255. The number of likely N-dealkylation sites (tertiary alicyclic amines) is 1. The number of hydrogen-bond donors (Lipinski definition) is 0. The van der Waals surface area contributed by atoms with Crippen molar-refractivity contribution in [3.05, 3.63) is 34.9 Å². The molecule has 2 aliphatic carbocycles. The summed E-state index contributed by atoms with van der Waals surface area (Å²) in [6.07, 6.45) is 5.29. The lowest BCUT2D eigenvalue weighted by Crippen LogP contribution is -2.58. The highest BCUT2D eigenvalue weighted by Crippen LogP contribution is 2.49. The van der Waals surface area contributed by atoms with E-state index in [9.17, 15) is 5.26 Å². The van der Waals surface area contributed by atoms with Crippen LogP contribution in [-0.4, -0.2) is 24.0 Å². The third kappa shape index (κ3) is 2.02. The molecule has 2 fully saturated rings. The molecule has 1 heterocycles. The molecule has 0 aromatic heterocycles. The molecule has 1 aromatic rings. The van der Waals surface area contributed by atoms with E-state index in [4.69, 9.17) is 0 Å².